The van der Waals surface area contributed by atoms with E-state index in [1.807, 2.05) is 60.7 Å². The summed E-state index contributed by atoms with van der Waals surface area (Å²) < 4.78 is 34.2. The third-order valence-electron chi connectivity index (χ3n) is 5.44. The molecule has 0 aliphatic rings. The lowest BCUT2D eigenvalue weighted by Gasteiger charge is -2.20. The van der Waals surface area contributed by atoms with Gasteiger partial charge in [-0.15, -0.1) is 0 Å². The van der Waals surface area contributed by atoms with Crippen LogP contribution in [0.15, 0.2) is 85.1 Å². The van der Waals surface area contributed by atoms with E-state index in [1.165, 1.54) is 24.4 Å². The number of nitrogens with one attached hydrogen (secondary N) is 1. The van der Waals surface area contributed by atoms with E-state index in [9.17, 15) is 13.6 Å². The first-order valence-electron chi connectivity index (χ1n) is 11.4. The lowest BCUT2D eigenvalue weighted by atomic mass is 10.0. The van der Waals surface area contributed by atoms with E-state index in [2.05, 4.69) is 15.3 Å². The number of carbonyl (C=O) groups excluding carboxylic acids is 1. The molecule has 0 saturated heterocycles. The van der Waals surface area contributed by atoms with Gasteiger partial charge in [0.15, 0.2) is 0 Å². The summed E-state index contributed by atoms with van der Waals surface area (Å²) in [6, 6.07) is 22.0. The Morgan fingerprint density at radius 3 is 2.17 bits per heavy atom. The van der Waals surface area contributed by atoms with Crippen molar-refractivity contribution in [1.29, 1.82) is 0 Å². The maximum absolute atomic E-state index is 14.5. The Hall–Kier alpha value is -4.13. The quantitative estimate of drug-likeness (QED) is 0.321. The van der Waals surface area contributed by atoms with Crippen molar-refractivity contribution in [2.45, 2.75) is 25.8 Å². The van der Waals surface area contributed by atoms with Crippen molar-refractivity contribution in [2.24, 2.45) is 0 Å². The molecule has 178 valence electrons. The molecule has 0 fully saturated rings. The molecule has 5 nitrogen and oxygen atoms in total. The highest BCUT2D eigenvalue weighted by atomic mass is 19.1. The Balaban J connectivity index is 1.73. The number of hydrogen-bond acceptors (Lipinski definition) is 5. The Morgan fingerprint density at radius 2 is 1.54 bits per heavy atom. The summed E-state index contributed by atoms with van der Waals surface area (Å²) in [5.74, 6) is -1.52. The predicted octanol–water partition coefficient (Wildman–Crippen LogP) is 5.60. The topological polar surface area (TPSA) is 64.1 Å². The molecule has 3 aromatic carbocycles. The number of anilines is 1. The van der Waals surface area contributed by atoms with Crippen molar-refractivity contribution in [3.8, 4) is 11.3 Å². The Kier molecular flexibility index (Phi) is 7.77. The minimum atomic E-state index is -0.725. The highest BCUT2D eigenvalue weighted by molar-refractivity contribution is 5.79. The molecule has 0 amide bonds. The van der Waals surface area contributed by atoms with Crippen molar-refractivity contribution in [3.63, 3.8) is 0 Å². The van der Waals surface area contributed by atoms with Crippen LogP contribution in [0.1, 0.15) is 23.7 Å². The number of nitrogens with zero attached hydrogens (tertiary/aromatic N) is 2. The molecule has 7 heteroatoms. The van der Waals surface area contributed by atoms with Crippen molar-refractivity contribution in [2.75, 3.05) is 11.9 Å². The molecule has 1 N–H and O–H groups in total. The lowest BCUT2D eigenvalue weighted by molar-refractivity contribution is -0.144. The average Bonchev–Trinajstić information content (AvgIpc) is 2.86. The van der Waals surface area contributed by atoms with Crippen molar-refractivity contribution in [1.82, 2.24) is 9.97 Å². The van der Waals surface area contributed by atoms with Gasteiger partial charge >= 0.3 is 5.97 Å². The van der Waals surface area contributed by atoms with Crippen LogP contribution in [-0.4, -0.2) is 28.6 Å². The van der Waals surface area contributed by atoms with Gasteiger partial charge in [0.1, 0.15) is 23.5 Å². The highest BCUT2D eigenvalue weighted by Crippen LogP contribution is 2.27. The Labute approximate surface area is 202 Å². The van der Waals surface area contributed by atoms with E-state index < -0.39 is 23.6 Å². The second-order valence-electron chi connectivity index (χ2n) is 7.95. The number of halogens is 2. The summed E-state index contributed by atoms with van der Waals surface area (Å²) in [6.45, 7) is 1.98. The van der Waals surface area contributed by atoms with Gasteiger partial charge in [0, 0.05) is 12.8 Å². The Bertz CT molecular complexity index is 1260. The molecule has 0 bridgehead atoms. The van der Waals surface area contributed by atoms with Gasteiger partial charge in [0.05, 0.1) is 29.8 Å². The molecule has 1 aromatic heterocycles. The molecule has 35 heavy (non-hydrogen) atoms. The number of benzene rings is 3. The van der Waals surface area contributed by atoms with Gasteiger partial charge in [0.25, 0.3) is 0 Å². The molecule has 0 unspecified atom stereocenters. The van der Waals surface area contributed by atoms with Crippen LogP contribution in [0.5, 0.6) is 0 Å². The normalized spacial score (nSPS) is 11.6. The summed E-state index contributed by atoms with van der Waals surface area (Å²) >= 11 is 0. The van der Waals surface area contributed by atoms with Gasteiger partial charge in [-0.1, -0.05) is 66.7 Å². The summed E-state index contributed by atoms with van der Waals surface area (Å²) in [4.78, 5) is 21.8. The standard InChI is InChI=1S/C28H25F2N3O2/c1-2-35-28(34)24(17-20-12-7-4-8-13-20)33-27-23(16-19-10-5-3-6-11-19)32-25(18-31-27)26-21(29)14-9-15-22(26)30/h3-15,18,24H,2,16-17H2,1H3,(H,31,33)/t24-/m0/s1. The zero-order valence-corrected chi connectivity index (χ0v) is 19.2. The SMILES string of the molecule is CCOC(=O)[C@H](Cc1ccccc1)Nc1ncc(-c2c(F)cccc2F)nc1Cc1ccccc1. The summed E-state index contributed by atoms with van der Waals surface area (Å²) in [7, 11) is 0. The van der Waals surface area contributed by atoms with Gasteiger partial charge in [-0.05, 0) is 30.2 Å². The fraction of sp³-hybridized carbons (Fsp3) is 0.179. The maximum atomic E-state index is 14.5. The molecular formula is C28H25F2N3O2. The monoisotopic (exact) mass is 473 g/mol. The van der Waals surface area contributed by atoms with Crippen LogP contribution in [0.25, 0.3) is 11.3 Å². The molecule has 0 aliphatic heterocycles. The average molecular weight is 474 g/mol. The van der Waals surface area contributed by atoms with Gasteiger partial charge in [-0.25, -0.2) is 23.5 Å². The zero-order valence-electron chi connectivity index (χ0n) is 19.2. The van der Waals surface area contributed by atoms with Crippen LogP contribution in [0, 0.1) is 11.6 Å². The smallest absolute Gasteiger partial charge is 0.328 e. The molecule has 4 aromatic rings. The van der Waals surface area contributed by atoms with E-state index in [4.69, 9.17) is 4.74 Å². The second-order valence-corrected chi connectivity index (χ2v) is 7.95. The third-order valence-corrected chi connectivity index (χ3v) is 5.44. The van der Waals surface area contributed by atoms with Gasteiger partial charge in [-0.3, -0.25) is 0 Å². The van der Waals surface area contributed by atoms with Crippen LogP contribution in [0.4, 0.5) is 14.6 Å². The molecule has 0 spiro atoms. The molecule has 0 radical (unpaired) electrons. The number of rotatable bonds is 9. The minimum absolute atomic E-state index is 0.0767. The number of carbonyl (C=O) groups is 1. The molecule has 0 aliphatic carbocycles. The lowest BCUT2D eigenvalue weighted by Crippen LogP contribution is -2.34. The highest BCUT2D eigenvalue weighted by Gasteiger charge is 2.23. The maximum Gasteiger partial charge on any atom is 0.328 e. The second kappa shape index (κ2) is 11.3. The van der Waals surface area contributed by atoms with Crippen LogP contribution in [-0.2, 0) is 22.4 Å². The van der Waals surface area contributed by atoms with E-state index in [-0.39, 0.29) is 17.9 Å². The van der Waals surface area contributed by atoms with E-state index >= 15 is 0 Å². The van der Waals surface area contributed by atoms with Crippen molar-refractivity contribution in [3.05, 3.63) is 114 Å². The Morgan fingerprint density at radius 1 is 0.914 bits per heavy atom. The molecule has 1 atom stereocenters. The summed E-state index contributed by atoms with van der Waals surface area (Å²) in [6.07, 6.45) is 2.03. The first kappa shape index (κ1) is 24.0. The summed E-state index contributed by atoms with van der Waals surface area (Å²) in [5, 5.41) is 3.17. The largest absolute Gasteiger partial charge is 0.464 e. The molecule has 0 saturated carbocycles. The van der Waals surface area contributed by atoms with Crippen LogP contribution >= 0.6 is 0 Å². The third kappa shape index (κ3) is 6.06. The predicted molar refractivity (Wildman–Crippen MR) is 131 cm³/mol. The fourth-order valence-corrected chi connectivity index (χ4v) is 3.77. The van der Waals surface area contributed by atoms with Gasteiger partial charge in [-0.2, -0.15) is 0 Å². The van der Waals surface area contributed by atoms with Crippen molar-refractivity contribution < 1.29 is 18.3 Å². The van der Waals surface area contributed by atoms with Crippen LogP contribution < -0.4 is 5.32 Å². The molecular weight excluding hydrogens is 448 g/mol. The van der Waals surface area contributed by atoms with Crippen LogP contribution in [0.2, 0.25) is 0 Å². The first-order valence-corrected chi connectivity index (χ1v) is 11.4. The number of esters is 1. The minimum Gasteiger partial charge on any atom is -0.464 e. The fourth-order valence-electron chi connectivity index (χ4n) is 3.77. The zero-order chi connectivity index (χ0) is 24.6. The van der Waals surface area contributed by atoms with Gasteiger partial charge in [0.2, 0.25) is 0 Å². The first-order chi connectivity index (χ1) is 17.0. The molecule has 1 heterocycles. The summed E-state index contributed by atoms with van der Waals surface area (Å²) in [5.41, 5.74) is 2.17. The van der Waals surface area contributed by atoms with E-state index in [1.54, 1.807) is 6.92 Å². The van der Waals surface area contributed by atoms with Crippen molar-refractivity contribution >= 4 is 11.8 Å². The van der Waals surface area contributed by atoms with E-state index in [0.717, 1.165) is 11.1 Å². The molecule has 4 rings (SSSR count). The van der Waals surface area contributed by atoms with Gasteiger partial charge < -0.3 is 10.1 Å². The number of aromatic nitrogens is 2. The number of ether oxygens (including phenoxy) is 1. The van der Waals surface area contributed by atoms with Crippen LogP contribution in [0.3, 0.4) is 0 Å². The van der Waals surface area contributed by atoms with E-state index in [0.29, 0.717) is 24.4 Å². The number of hydrogen-bond donors (Lipinski definition) is 1.